The van der Waals surface area contributed by atoms with Crippen LogP contribution in [0, 0.1) is 45.3 Å². The number of aliphatic hydroxyl groups excluding tert-OH is 1. The predicted molar refractivity (Wildman–Crippen MR) is 182 cm³/mol. The van der Waals surface area contributed by atoms with Crippen LogP contribution in [-0.4, -0.2) is 61.8 Å². The Kier molecular flexibility index (Phi) is 8.97. The third-order valence-electron chi connectivity index (χ3n) is 14.7. The molecule has 4 saturated carbocycles. The molecular weight excluding hydrogens is 638 g/mol. The van der Waals surface area contributed by atoms with Crippen molar-refractivity contribution >= 4 is 39.9 Å². The number of rotatable bonds is 7. The van der Waals surface area contributed by atoms with Crippen molar-refractivity contribution in [2.45, 2.75) is 156 Å². The first-order valence-corrected chi connectivity index (χ1v) is 19.0. The number of esters is 1. The van der Waals surface area contributed by atoms with Crippen LogP contribution in [0.25, 0.3) is 0 Å². The molecule has 1 amide bonds. The van der Waals surface area contributed by atoms with E-state index in [0.717, 1.165) is 69.1 Å². The van der Waals surface area contributed by atoms with E-state index in [-0.39, 0.29) is 80.5 Å². The number of fused-ring (bicyclic) bond motifs is 5. The summed E-state index contributed by atoms with van der Waals surface area (Å²) in [6, 6.07) is 0. The van der Waals surface area contributed by atoms with E-state index in [1.54, 1.807) is 0 Å². The summed E-state index contributed by atoms with van der Waals surface area (Å²) >= 11 is 6.87. The van der Waals surface area contributed by atoms with E-state index in [1.807, 2.05) is 13.8 Å². The highest BCUT2D eigenvalue weighted by atomic mass is 35.5. The molecule has 47 heavy (non-hydrogen) atoms. The summed E-state index contributed by atoms with van der Waals surface area (Å²) in [5.41, 5.74) is -1.39. The Bertz CT molecular complexity index is 1380. The molecule has 0 bridgehead atoms. The SMILES string of the molecule is CC(C)(O)[C@@H]1CC[C@@](C)(C2CC[C@]3(C)[C@@H]2[C@H](O)C[C@@H]2[C@@]4(C)CC[C@H](OC(=O)CCC(=O)Nc5nnc(Cl)s5)C(C)(C)[C@@H]4CC[C@]23C)O1. The zero-order valence-electron chi connectivity index (χ0n) is 29.5. The third kappa shape index (κ3) is 5.78. The normalized spacial score (nSPS) is 44.3. The second-order valence-electron chi connectivity index (χ2n) is 17.8. The monoisotopic (exact) mass is 693 g/mol. The van der Waals surface area contributed by atoms with Gasteiger partial charge in [-0.25, -0.2) is 0 Å². The molecule has 0 aromatic carbocycles. The lowest BCUT2D eigenvalue weighted by atomic mass is 9.35. The van der Waals surface area contributed by atoms with Gasteiger partial charge in [0.15, 0.2) is 0 Å². The van der Waals surface area contributed by atoms with Crippen molar-refractivity contribution < 1.29 is 29.3 Å². The van der Waals surface area contributed by atoms with E-state index in [1.165, 1.54) is 0 Å². The minimum absolute atomic E-state index is 0.000135. The number of hydrogen-bond acceptors (Lipinski definition) is 9. The third-order valence-corrected chi connectivity index (χ3v) is 15.6. The van der Waals surface area contributed by atoms with Crippen LogP contribution in [-0.2, 0) is 19.1 Å². The van der Waals surface area contributed by atoms with Crippen LogP contribution >= 0.6 is 22.9 Å². The second kappa shape index (κ2) is 11.9. The van der Waals surface area contributed by atoms with E-state index >= 15 is 0 Å². The Balaban J connectivity index is 1.15. The maximum Gasteiger partial charge on any atom is 0.306 e. The minimum atomic E-state index is -0.876. The van der Waals surface area contributed by atoms with E-state index in [4.69, 9.17) is 21.1 Å². The maximum absolute atomic E-state index is 13.0. The van der Waals surface area contributed by atoms with Gasteiger partial charge in [0.25, 0.3) is 0 Å². The molecule has 1 aromatic heterocycles. The zero-order valence-corrected chi connectivity index (χ0v) is 31.1. The Hall–Kier alpha value is -1.33. The molecule has 5 aliphatic rings. The molecule has 1 aliphatic heterocycles. The first kappa shape index (κ1) is 35.5. The van der Waals surface area contributed by atoms with Gasteiger partial charge < -0.3 is 25.0 Å². The van der Waals surface area contributed by atoms with Gasteiger partial charge in [0.05, 0.1) is 29.8 Å². The van der Waals surface area contributed by atoms with Crippen molar-refractivity contribution in [3.63, 3.8) is 0 Å². The molecule has 11 heteroatoms. The number of nitrogens with one attached hydrogen (secondary N) is 1. The lowest BCUT2D eigenvalue weighted by Gasteiger charge is -2.70. The van der Waals surface area contributed by atoms with Crippen LogP contribution in [0.1, 0.15) is 126 Å². The number of amides is 1. The van der Waals surface area contributed by atoms with Crippen molar-refractivity contribution in [3.8, 4) is 0 Å². The minimum Gasteiger partial charge on any atom is -0.462 e. The summed E-state index contributed by atoms with van der Waals surface area (Å²) in [6.07, 6.45) is 7.78. The lowest BCUT2D eigenvalue weighted by Crippen LogP contribution is -2.66. The summed E-state index contributed by atoms with van der Waals surface area (Å²) in [6.45, 7) is 17.9. The van der Waals surface area contributed by atoms with E-state index in [0.29, 0.717) is 17.0 Å². The van der Waals surface area contributed by atoms with Crippen molar-refractivity contribution in [3.05, 3.63) is 4.47 Å². The summed E-state index contributed by atoms with van der Waals surface area (Å²) in [5.74, 6) is 0.465. The second-order valence-corrected chi connectivity index (χ2v) is 19.4. The highest BCUT2D eigenvalue weighted by molar-refractivity contribution is 7.19. The Morgan fingerprint density at radius 1 is 0.979 bits per heavy atom. The average Bonchev–Trinajstić information content (AvgIpc) is 3.68. The van der Waals surface area contributed by atoms with E-state index < -0.39 is 11.7 Å². The summed E-state index contributed by atoms with van der Waals surface area (Å²) in [4.78, 5) is 25.4. The van der Waals surface area contributed by atoms with Gasteiger partial charge in [-0.1, -0.05) is 46.0 Å². The zero-order chi connectivity index (χ0) is 34.4. The van der Waals surface area contributed by atoms with Gasteiger partial charge in [-0.2, -0.15) is 0 Å². The summed E-state index contributed by atoms with van der Waals surface area (Å²) in [5, 5.41) is 33.3. The van der Waals surface area contributed by atoms with Crippen LogP contribution in [0.3, 0.4) is 0 Å². The number of halogens is 1. The molecule has 0 spiro atoms. The van der Waals surface area contributed by atoms with Crippen LogP contribution < -0.4 is 5.32 Å². The van der Waals surface area contributed by atoms with Gasteiger partial charge in [-0.05, 0) is 130 Å². The fourth-order valence-corrected chi connectivity index (χ4v) is 12.9. The standard InChI is InChI=1S/C36H56ClN3O6S/c1-31(2)22-12-17-34(6)23(19-21(41)28-20(11-16-35(28,34)7)36(8)18-14-25(46-36)32(3,4)44)33(22,5)15-13-24(31)45-27(43)10-9-26(42)38-30-40-39-29(37)47-30/h20-25,28,41,44H,9-19H2,1-8H3,(H,38,40,42)/t20?,21-,22+,23-,24+,25+,28+,33+,34-,35-,36+/m1/s1. The van der Waals surface area contributed by atoms with Gasteiger partial charge in [0.1, 0.15) is 6.10 Å². The number of aliphatic hydroxyl groups is 2. The Labute approximate surface area is 289 Å². The smallest absolute Gasteiger partial charge is 0.306 e. The molecule has 11 atom stereocenters. The van der Waals surface area contributed by atoms with Gasteiger partial charge in [0.2, 0.25) is 15.5 Å². The fraction of sp³-hybridized carbons (Fsp3) is 0.889. The van der Waals surface area contributed by atoms with Crippen molar-refractivity contribution in [1.82, 2.24) is 10.2 Å². The molecule has 4 aliphatic carbocycles. The number of aromatic nitrogens is 2. The number of ether oxygens (including phenoxy) is 2. The molecule has 2 heterocycles. The largest absolute Gasteiger partial charge is 0.462 e. The maximum atomic E-state index is 13.0. The summed E-state index contributed by atoms with van der Waals surface area (Å²) < 4.78 is 13.1. The molecular formula is C36H56ClN3O6S. The molecule has 0 radical (unpaired) electrons. The Morgan fingerprint density at radius 2 is 1.68 bits per heavy atom. The number of anilines is 1. The molecule has 6 rings (SSSR count). The fourth-order valence-electron chi connectivity index (χ4n) is 12.1. The number of carbonyl (C=O) groups excluding carboxylic acids is 2. The van der Waals surface area contributed by atoms with Crippen molar-refractivity contribution in [1.29, 1.82) is 0 Å². The van der Waals surface area contributed by atoms with Crippen LogP contribution in [0.5, 0.6) is 0 Å². The van der Waals surface area contributed by atoms with Crippen LogP contribution in [0.4, 0.5) is 5.13 Å². The van der Waals surface area contributed by atoms with Crippen LogP contribution in [0.15, 0.2) is 0 Å². The molecule has 9 nitrogen and oxygen atoms in total. The van der Waals surface area contributed by atoms with E-state index in [9.17, 15) is 19.8 Å². The molecule has 1 saturated heterocycles. The molecule has 1 unspecified atom stereocenters. The number of hydrogen-bond donors (Lipinski definition) is 3. The average molecular weight is 694 g/mol. The summed E-state index contributed by atoms with van der Waals surface area (Å²) in [7, 11) is 0. The van der Waals surface area contributed by atoms with Gasteiger partial charge in [0, 0.05) is 11.8 Å². The van der Waals surface area contributed by atoms with Gasteiger partial charge in [-0.15, -0.1) is 10.2 Å². The van der Waals surface area contributed by atoms with Gasteiger partial charge >= 0.3 is 5.97 Å². The molecule has 3 N–H and O–H groups in total. The van der Waals surface area contributed by atoms with Gasteiger partial charge in [-0.3, -0.25) is 9.59 Å². The molecule has 264 valence electrons. The topological polar surface area (TPSA) is 131 Å². The first-order chi connectivity index (χ1) is 21.7. The van der Waals surface area contributed by atoms with Crippen molar-refractivity contribution in [2.24, 2.45) is 45.3 Å². The highest BCUT2D eigenvalue weighted by Crippen LogP contribution is 2.76. The lowest BCUT2D eigenvalue weighted by molar-refractivity contribution is -0.251. The number of nitrogens with zero attached hydrogens (tertiary/aromatic N) is 2. The highest BCUT2D eigenvalue weighted by Gasteiger charge is 2.72. The van der Waals surface area contributed by atoms with E-state index in [2.05, 4.69) is 57.1 Å². The quantitative estimate of drug-likeness (QED) is 0.256. The molecule has 5 fully saturated rings. The predicted octanol–water partition coefficient (Wildman–Crippen LogP) is 7.19. The molecule has 1 aromatic rings. The number of carbonyl (C=O) groups is 2. The van der Waals surface area contributed by atoms with Crippen LogP contribution in [0.2, 0.25) is 4.47 Å². The Morgan fingerprint density at radius 3 is 2.32 bits per heavy atom. The van der Waals surface area contributed by atoms with Crippen molar-refractivity contribution in [2.75, 3.05) is 5.32 Å². The first-order valence-electron chi connectivity index (χ1n) is 17.8.